The van der Waals surface area contributed by atoms with Gasteiger partial charge in [0.2, 0.25) is 18.3 Å². The molecule has 23 atom stereocenters. The summed E-state index contributed by atoms with van der Waals surface area (Å²) in [7, 11) is -28.7. The van der Waals surface area contributed by atoms with Crippen LogP contribution in [0.1, 0.15) is 32.7 Å². The van der Waals surface area contributed by atoms with Gasteiger partial charge in [-0.3, -0.25) is 62.9 Å². The first-order valence-corrected chi connectivity index (χ1v) is 45.5. The van der Waals surface area contributed by atoms with Crippen molar-refractivity contribution in [3.05, 3.63) is 58.5 Å². The van der Waals surface area contributed by atoms with Crippen molar-refractivity contribution in [3.8, 4) is 5.75 Å². The molecule has 2 aromatic heterocycles. The number of piperidine rings is 1. The van der Waals surface area contributed by atoms with Gasteiger partial charge in [0.05, 0.1) is 79.6 Å². The summed E-state index contributed by atoms with van der Waals surface area (Å²) in [5, 5.41) is 93.8. The zero-order chi connectivity index (χ0) is 92.6. The number of nitrogens with one attached hydrogen (secondary N) is 4. The van der Waals surface area contributed by atoms with Gasteiger partial charge >= 0.3 is 106 Å². The average Bonchev–Trinajstić information content (AvgIpc) is 1.56. The average molecular weight is 1960 g/mol. The molecule has 9 heterocycles. The highest BCUT2D eigenvalue weighted by Gasteiger charge is 2.57. The molecule has 0 radical (unpaired) electrons. The number of methoxy groups -OCH3 is 4. The fraction of sp³-hybridized carbons (Fsp3) is 0.700. The van der Waals surface area contributed by atoms with E-state index in [9.17, 15) is 150 Å². The molecular weight excluding hydrogens is 1880 g/mol. The lowest BCUT2D eigenvalue weighted by Crippen LogP contribution is -2.62. The minimum absolute atomic E-state index is 0.0793. The molecule has 0 aliphatic carbocycles. The van der Waals surface area contributed by atoms with E-state index in [1.165, 1.54) is 0 Å². The molecule has 63 nitrogen and oxygen atoms in total. The van der Waals surface area contributed by atoms with Gasteiger partial charge in [0.15, 0.2) is 31.4 Å². The van der Waals surface area contributed by atoms with Gasteiger partial charge in [-0.1, -0.05) is 18.6 Å². The molecule has 122 heavy (non-hydrogen) atoms. The van der Waals surface area contributed by atoms with Crippen molar-refractivity contribution < 1.29 is 238 Å². The van der Waals surface area contributed by atoms with Crippen molar-refractivity contribution in [2.24, 2.45) is 5.92 Å². The summed E-state index contributed by atoms with van der Waals surface area (Å²) in [6.07, 6.45) is -31.3. The number of aliphatic hydroxyl groups excluding tert-OH is 9. The number of phosphoric ester groups is 1. The maximum absolute atomic E-state index is 12.6. The SMILES string of the molecule is CC.COC(=O)COC1CC([C@@H]2O[C@H](CO)[C@H](O)C2O)C(=O)NC1=O.COC(=O)COC1CN([C@@H]2O[C@H](COP(=O)(Cl)Cl)[C@H](O)C2O)C(=O)NC1=O.COC(=O)COc1cn([C@@H]2O[C@H](COP(=O)(O)OP(=O)(O)OP(=O)(O)O)[C@H](O)C2O)c(=O)[nH]c1=O.COC(=O)COn1c(=O)[nH]c(=O)n([C@@H]2O[C@H](COP3(=O)OP(=O)(O)OP(=O)(O)O3)[C@H](O)C2O)c1=O. The number of ether oxygens (including phenoxy) is 11. The Morgan fingerprint density at radius 1 is 0.541 bits per heavy atom. The fourth-order valence-corrected chi connectivity index (χ4v) is 19.0. The Labute approximate surface area is 686 Å². The highest BCUT2D eigenvalue weighted by atomic mass is 35.9. The van der Waals surface area contributed by atoms with Crippen LogP contribution in [0, 0.1) is 5.92 Å². The molecule has 9 rings (SSSR count). The Hall–Kier alpha value is -6.32. The predicted molar refractivity (Wildman–Crippen MR) is 376 cm³/mol. The fourth-order valence-electron chi connectivity index (χ4n) is 10.3. The standard InChI is InChI=1S/C13H19NO9.C12H17Cl2N2O10P.C12H19N2O18P3.C11H16N3O18P3.C2H6/c1-21-8(16)4-22-6-2-5(12(19)14-13(6)20)11-10(18)9(17)7(3-15)23-11;1-23-7(17)4-24-5-2-16(12(21)15-10(5)20)11-9(19)8(18)6(26-11)3-25-27(13,14)22;1-27-7(15)4-28-5-2-14(12(19)13-10(5)18)11-9(17)8(16)6(30-11)3-29-34(23,24)32-35(25,26)31-33(20,21)22;1-26-5(15)3-27-14-10(19)12-9(18)13(11(14)20)8-7(17)6(16)4(29-8)2-28-35(25)31-33(21,22)30-34(23,24)32-35;1-2/h5-7,9-11,15,17-18H,2-4H2,1H3,(H,14,19,20);5-6,8-9,11,18-19H,2-4H2,1H3,(H,15,20,21);2,6,8-9,11,16-17H,3-4H2,1H3,(H,23,24)(H,25,26)(H,13,18,19)(H2,20,21,22);4,6-8,16-17H,2-3H2,1H3,(H,21,22)(H,23,24)(H,12,18,19);1-2H3/t5?,6?,7-,9+,10?,11+;5?,6-,8+,9?,11-;6-,8+,9?,11-;4-,6+,7?,8-;/m1111./s1. The molecule has 0 bridgehead atoms. The summed E-state index contributed by atoms with van der Waals surface area (Å²) in [6, 6.07) is -0.906. The third kappa shape index (κ3) is 29.9. The topological polar surface area (TPSA) is 903 Å². The molecule has 19 N–H and O–H groups in total. The van der Waals surface area contributed by atoms with Crippen LogP contribution in [-0.2, 0) is 148 Å². The largest absolute Gasteiger partial charge is 0.492 e. The highest BCUT2D eigenvalue weighted by molar-refractivity contribution is 8.05. The maximum atomic E-state index is 12.6. The monoisotopic (exact) mass is 1960 g/mol. The lowest BCUT2D eigenvalue weighted by Gasteiger charge is -2.36. The van der Waals surface area contributed by atoms with Crippen molar-refractivity contribution in [1.29, 1.82) is 0 Å². The summed E-state index contributed by atoms with van der Waals surface area (Å²) in [6.45, 7) is -2.34. The molecule has 7 aliphatic rings. The Bertz CT molecular complexity index is 4720. The number of rotatable bonds is 30. The zero-order valence-electron chi connectivity index (χ0n) is 62.3. The number of hydrogen-bond donors (Lipinski definition) is 19. The molecule has 7 saturated heterocycles. The second kappa shape index (κ2) is 44.9. The summed E-state index contributed by atoms with van der Waals surface area (Å²) in [4.78, 5) is 216. The predicted octanol–water partition coefficient (Wildman–Crippen LogP) is -9.78. The number of phosphoric acid groups is 6. The van der Waals surface area contributed by atoms with E-state index in [2.05, 4.69) is 64.2 Å². The van der Waals surface area contributed by atoms with Crippen molar-refractivity contribution >= 4 is 123 Å². The van der Waals surface area contributed by atoms with Gasteiger partial charge in [0.25, 0.3) is 17.4 Å². The number of esters is 4. The Balaban J connectivity index is 0.000000291. The van der Waals surface area contributed by atoms with Crippen LogP contribution in [-0.4, -0.2) is 337 Å². The van der Waals surface area contributed by atoms with E-state index in [-0.39, 0.29) is 22.3 Å². The van der Waals surface area contributed by atoms with Gasteiger partial charge in [-0.2, -0.15) is 21.6 Å². The Morgan fingerprint density at radius 3 is 1.54 bits per heavy atom. The number of halogens is 2. The molecule has 0 aromatic carbocycles. The van der Waals surface area contributed by atoms with Crippen LogP contribution in [0.3, 0.4) is 0 Å². The number of carbonyl (C=O) groups excluding carboxylic acids is 8. The number of nitrogens with zero attached hydrogens (tertiary/aromatic N) is 4. The van der Waals surface area contributed by atoms with Gasteiger partial charge in [-0.15, -0.1) is 0 Å². The molecule has 11 unspecified atom stereocenters. The number of urea groups is 1. The van der Waals surface area contributed by atoms with Crippen LogP contribution in [0.4, 0.5) is 4.79 Å². The van der Waals surface area contributed by atoms with Crippen LogP contribution in [0.25, 0.3) is 0 Å². The van der Waals surface area contributed by atoms with Gasteiger partial charge in [0, 0.05) is 0 Å². The van der Waals surface area contributed by atoms with Crippen LogP contribution in [0.5, 0.6) is 5.75 Å². The summed E-state index contributed by atoms with van der Waals surface area (Å²) < 4.78 is 166. The maximum Gasteiger partial charge on any atom is 0.492 e. The number of aromatic nitrogens is 5. The summed E-state index contributed by atoms with van der Waals surface area (Å²) in [5.41, 5.74) is -6.65. The lowest BCUT2D eigenvalue weighted by molar-refractivity contribution is -0.160. The van der Waals surface area contributed by atoms with Crippen molar-refractivity contribution in [2.45, 2.75) is 131 Å². The lowest BCUT2D eigenvalue weighted by atomic mass is 9.87. The Kier molecular flexibility index (Phi) is 39.1. The first kappa shape index (κ1) is 106. The molecule has 7 fully saturated rings. The number of amides is 5. The second-order valence-corrected chi connectivity index (χ2v) is 37.6. The van der Waals surface area contributed by atoms with Crippen LogP contribution >= 0.6 is 75.5 Å². The van der Waals surface area contributed by atoms with E-state index in [1.807, 2.05) is 19.2 Å². The zero-order valence-corrected chi connectivity index (χ0v) is 70.1. The van der Waals surface area contributed by atoms with Crippen LogP contribution in [0.15, 0.2) is 30.2 Å². The number of aromatic amines is 2. The van der Waals surface area contributed by atoms with E-state index in [4.69, 9.17) is 75.4 Å². The molecule has 0 spiro atoms. The van der Waals surface area contributed by atoms with Crippen molar-refractivity contribution in [2.75, 3.05) is 87.8 Å². The van der Waals surface area contributed by atoms with Crippen molar-refractivity contribution in [1.82, 2.24) is 39.4 Å². The molecule has 72 heteroatoms. The van der Waals surface area contributed by atoms with E-state index in [1.54, 1.807) is 9.97 Å². The first-order chi connectivity index (χ1) is 56.4. The van der Waals surface area contributed by atoms with E-state index >= 15 is 0 Å². The first-order valence-electron chi connectivity index (χ1n) is 33.1. The van der Waals surface area contributed by atoms with Crippen molar-refractivity contribution in [3.63, 3.8) is 0 Å². The smallest absolute Gasteiger partial charge is 0.475 e. The Morgan fingerprint density at radius 2 is 1.02 bits per heavy atom. The van der Waals surface area contributed by atoms with Gasteiger partial charge in [-0.05, 0) is 28.9 Å². The summed E-state index contributed by atoms with van der Waals surface area (Å²) >= 11 is 10.5. The molecule has 0 saturated carbocycles. The quantitative estimate of drug-likeness (QED) is 0.0149. The normalized spacial score (nSPS) is 32.3. The molecule has 2 aromatic rings. The molecular formula is C50H77Cl2N8O55P7. The number of hydrogen-bond acceptors (Lipinski definition) is 49. The third-order valence-corrected chi connectivity index (χ3v) is 26.0. The summed E-state index contributed by atoms with van der Waals surface area (Å²) in [5.74, 6) is -7.04. The minimum Gasteiger partial charge on any atom is -0.475 e. The third-order valence-electron chi connectivity index (χ3n) is 15.8. The van der Waals surface area contributed by atoms with Crippen LogP contribution < -0.4 is 48.5 Å². The van der Waals surface area contributed by atoms with Crippen LogP contribution in [0.2, 0.25) is 0 Å². The van der Waals surface area contributed by atoms with E-state index < -0.39 is 304 Å². The number of imide groups is 2. The number of carbonyl (C=O) groups is 8. The number of H-pyrrole nitrogens is 2. The molecule has 5 amide bonds. The van der Waals surface area contributed by atoms with Gasteiger partial charge in [-0.25, -0.2) is 75.1 Å². The van der Waals surface area contributed by atoms with Gasteiger partial charge in [0.1, 0.15) is 92.6 Å². The molecule has 696 valence electrons. The van der Waals surface area contributed by atoms with E-state index in [0.29, 0.717) is 4.57 Å². The number of aliphatic hydroxyl groups is 9. The van der Waals surface area contributed by atoms with Gasteiger partial charge < -0.3 is 137 Å². The van der Waals surface area contributed by atoms with E-state index in [0.717, 1.165) is 39.5 Å². The highest BCUT2D eigenvalue weighted by Crippen LogP contribution is 2.80. The second-order valence-electron chi connectivity index (χ2n) is 23.9. The minimum atomic E-state index is -5.80. The molecule has 7 aliphatic heterocycles.